The summed E-state index contributed by atoms with van der Waals surface area (Å²) >= 11 is 2.86. The van der Waals surface area contributed by atoms with E-state index in [1.165, 1.54) is 16.7 Å². The first kappa shape index (κ1) is 22.9. The molecule has 2 atom stereocenters. The highest BCUT2D eigenvalue weighted by Crippen LogP contribution is 2.42. The Labute approximate surface area is 179 Å². The molecule has 0 unspecified atom stereocenters. The molecule has 0 bridgehead atoms. The Kier molecular flexibility index (Phi) is 7.69. The Hall–Kier alpha value is -1.39. The summed E-state index contributed by atoms with van der Waals surface area (Å²) in [5.74, 6) is -0.122. The maximum Gasteiger partial charge on any atom is 0.355 e. The maximum atomic E-state index is 12.5. The van der Waals surface area contributed by atoms with Crippen LogP contribution in [0.1, 0.15) is 27.7 Å². The SMILES string of the molecule is CC(C)N=C(NC(C)C)SCC(=O)N[C@@H]1C(=O)N2C3=C(COC3=O)CS[C@H]12.Cl. The molecule has 1 fully saturated rings. The first-order chi connectivity index (χ1) is 12.8. The van der Waals surface area contributed by atoms with E-state index in [-0.39, 0.29) is 54.0 Å². The monoisotopic (exact) mass is 448 g/mol. The average molecular weight is 449 g/mol. The second-order valence-electron chi connectivity index (χ2n) is 7.10. The normalized spacial score (nSPS) is 23.8. The van der Waals surface area contributed by atoms with Gasteiger partial charge in [-0.15, -0.1) is 24.2 Å². The quantitative estimate of drug-likeness (QED) is 0.281. The van der Waals surface area contributed by atoms with Crippen LogP contribution in [0.5, 0.6) is 0 Å². The molecule has 28 heavy (non-hydrogen) atoms. The molecule has 0 aliphatic carbocycles. The molecule has 3 aliphatic rings. The highest BCUT2D eigenvalue weighted by atomic mass is 35.5. The Morgan fingerprint density at radius 1 is 1.36 bits per heavy atom. The number of nitrogens with one attached hydrogen (secondary N) is 2. The lowest BCUT2D eigenvalue weighted by Gasteiger charge is -2.48. The summed E-state index contributed by atoms with van der Waals surface area (Å²) in [5, 5.41) is 6.49. The van der Waals surface area contributed by atoms with Crippen LogP contribution in [0.4, 0.5) is 0 Å². The molecule has 0 aromatic rings. The number of hydrogen-bond donors (Lipinski definition) is 2. The number of hydrogen-bond acceptors (Lipinski definition) is 7. The lowest BCUT2D eigenvalue weighted by Crippen LogP contribution is -2.70. The molecular formula is C17H25ClN4O4S2. The molecule has 0 saturated carbocycles. The molecule has 0 spiro atoms. The van der Waals surface area contributed by atoms with E-state index in [9.17, 15) is 14.4 Å². The minimum Gasteiger partial charge on any atom is -0.456 e. The van der Waals surface area contributed by atoms with E-state index < -0.39 is 12.0 Å². The summed E-state index contributed by atoms with van der Waals surface area (Å²) in [7, 11) is 0. The third-order valence-electron chi connectivity index (χ3n) is 4.06. The standard InChI is InChI=1S/C17H24N4O4S2.ClH/c1-8(2)18-17(19-9(3)4)27-7-11(22)20-12-14(23)21-13-10(5-25-16(13)24)6-26-15(12)21;/h8-9,12,15H,5-7H2,1-4H3,(H,18,19)(H,20,22);1H/t12-,15-;/m1./s1. The Morgan fingerprint density at radius 3 is 2.71 bits per heavy atom. The van der Waals surface area contributed by atoms with Crippen LogP contribution in [0.15, 0.2) is 16.3 Å². The number of fused-ring (bicyclic) bond motifs is 2. The smallest absolute Gasteiger partial charge is 0.355 e. The highest BCUT2D eigenvalue weighted by Gasteiger charge is 2.55. The number of amidine groups is 1. The Morgan fingerprint density at radius 2 is 2.07 bits per heavy atom. The van der Waals surface area contributed by atoms with Crippen molar-refractivity contribution in [3.05, 3.63) is 11.3 Å². The maximum absolute atomic E-state index is 12.5. The largest absolute Gasteiger partial charge is 0.456 e. The number of nitrogens with zero attached hydrogens (tertiary/aromatic N) is 2. The molecule has 0 radical (unpaired) electrons. The lowest BCUT2D eigenvalue weighted by atomic mass is 10.0. The van der Waals surface area contributed by atoms with Crippen molar-refractivity contribution in [2.45, 2.75) is 51.2 Å². The molecule has 3 heterocycles. The summed E-state index contributed by atoms with van der Waals surface area (Å²) in [6.07, 6.45) is 0. The number of rotatable bonds is 5. The van der Waals surface area contributed by atoms with Crippen LogP contribution in [-0.4, -0.2) is 69.5 Å². The molecule has 0 aromatic carbocycles. The van der Waals surface area contributed by atoms with E-state index in [1.54, 1.807) is 11.8 Å². The van der Waals surface area contributed by atoms with Gasteiger partial charge in [-0.05, 0) is 27.7 Å². The van der Waals surface area contributed by atoms with Crippen molar-refractivity contribution in [3.63, 3.8) is 0 Å². The number of thioether (sulfide) groups is 2. The van der Waals surface area contributed by atoms with Crippen LogP contribution in [0.25, 0.3) is 0 Å². The van der Waals surface area contributed by atoms with Gasteiger partial charge in [0.2, 0.25) is 5.91 Å². The summed E-state index contributed by atoms with van der Waals surface area (Å²) < 4.78 is 5.01. The zero-order chi connectivity index (χ0) is 19.7. The van der Waals surface area contributed by atoms with E-state index in [1.807, 2.05) is 27.7 Å². The first-order valence-corrected chi connectivity index (χ1v) is 10.9. The van der Waals surface area contributed by atoms with Crippen LogP contribution in [0.2, 0.25) is 0 Å². The molecular weight excluding hydrogens is 424 g/mol. The predicted octanol–water partition coefficient (Wildman–Crippen LogP) is 1.11. The number of ether oxygens (including phenoxy) is 1. The topological polar surface area (TPSA) is 100 Å². The number of esters is 1. The van der Waals surface area contributed by atoms with Crippen LogP contribution in [0, 0.1) is 0 Å². The number of carbonyl (C=O) groups is 3. The van der Waals surface area contributed by atoms with Gasteiger partial charge in [-0.25, -0.2) is 4.79 Å². The lowest BCUT2D eigenvalue weighted by molar-refractivity contribution is -0.150. The molecule has 3 rings (SSSR count). The fourth-order valence-electron chi connectivity index (χ4n) is 2.95. The summed E-state index contributed by atoms with van der Waals surface area (Å²) in [5.41, 5.74) is 1.22. The van der Waals surface area contributed by atoms with Gasteiger partial charge < -0.3 is 15.4 Å². The minimum absolute atomic E-state index is 0. The summed E-state index contributed by atoms with van der Waals surface area (Å²) in [6, 6.07) is -0.267. The van der Waals surface area contributed by atoms with Gasteiger partial charge in [0.15, 0.2) is 5.17 Å². The number of aliphatic imine (C=N–C) groups is 1. The minimum atomic E-state index is -0.603. The van der Waals surface area contributed by atoms with E-state index in [0.717, 1.165) is 5.57 Å². The second-order valence-corrected chi connectivity index (χ2v) is 9.17. The predicted molar refractivity (Wildman–Crippen MR) is 114 cm³/mol. The third-order valence-corrected chi connectivity index (χ3v) is 6.31. The fourth-order valence-corrected chi connectivity index (χ4v) is 5.23. The molecule has 1 saturated heterocycles. The van der Waals surface area contributed by atoms with Crippen molar-refractivity contribution < 1.29 is 19.1 Å². The Bertz CT molecular complexity index is 726. The number of halogens is 1. The molecule has 2 amide bonds. The van der Waals surface area contributed by atoms with Crippen molar-refractivity contribution in [2.24, 2.45) is 4.99 Å². The number of carbonyl (C=O) groups excluding carboxylic acids is 3. The van der Waals surface area contributed by atoms with Crippen LogP contribution >= 0.6 is 35.9 Å². The van der Waals surface area contributed by atoms with E-state index >= 15 is 0 Å². The molecule has 2 N–H and O–H groups in total. The van der Waals surface area contributed by atoms with Crippen LogP contribution in [-0.2, 0) is 19.1 Å². The van der Waals surface area contributed by atoms with Gasteiger partial charge in [0, 0.05) is 23.4 Å². The average Bonchev–Trinajstić information content (AvgIpc) is 2.96. The zero-order valence-electron chi connectivity index (χ0n) is 16.2. The number of amides is 2. The van der Waals surface area contributed by atoms with Gasteiger partial charge in [-0.3, -0.25) is 19.5 Å². The molecule has 0 aromatic heterocycles. The first-order valence-electron chi connectivity index (χ1n) is 8.88. The molecule has 11 heteroatoms. The van der Waals surface area contributed by atoms with Gasteiger partial charge in [0.1, 0.15) is 23.7 Å². The van der Waals surface area contributed by atoms with E-state index in [4.69, 9.17) is 4.74 Å². The van der Waals surface area contributed by atoms with Gasteiger partial charge in [0.05, 0.1) is 5.75 Å². The summed E-state index contributed by atoms with van der Waals surface area (Å²) in [6.45, 7) is 8.22. The van der Waals surface area contributed by atoms with Crippen molar-refractivity contribution >= 4 is 58.9 Å². The Balaban J connectivity index is 0.00000280. The van der Waals surface area contributed by atoms with Gasteiger partial charge >= 0.3 is 5.97 Å². The number of cyclic esters (lactones) is 1. The second kappa shape index (κ2) is 9.41. The molecule has 8 nitrogen and oxygen atoms in total. The van der Waals surface area contributed by atoms with E-state index in [0.29, 0.717) is 16.6 Å². The van der Waals surface area contributed by atoms with Crippen molar-refractivity contribution in [3.8, 4) is 0 Å². The van der Waals surface area contributed by atoms with Gasteiger partial charge in [-0.1, -0.05) is 11.8 Å². The molecule has 156 valence electrons. The van der Waals surface area contributed by atoms with Gasteiger partial charge in [0.25, 0.3) is 5.91 Å². The zero-order valence-corrected chi connectivity index (χ0v) is 18.6. The van der Waals surface area contributed by atoms with Gasteiger partial charge in [-0.2, -0.15) is 0 Å². The van der Waals surface area contributed by atoms with Crippen molar-refractivity contribution in [1.29, 1.82) is 0 Å². The van der Waals surface area contributed by atoms with Crippen molar-refractivity contribution in [2.75, 3.05) is 18.1 Å². The van der Waals surface area contributed by atoms with Crippen LogP contribution in [0.3, 0.4) is 0 Å². The van der Waals surface area contributed by atoms with Crippen molar-refractivity contribution in [1.82, 2.24) is 15.5 Å². The molecule has 3 aliphatic heterocycles. The summed E-state index contributed by atoms with van der Waals surface area (Å²) in [4.78, 5) is 42.6. The number of β-lactam (4-membered cyclic amide) rings is 1. The van der Waals surface area contributed by atoms with Crippen LogP contribution < -0.4 is 10.6 Å². The third kappa shape index (κ3) is 4.77. The highest BCUT2D eigenvalue weighted by molar-refractivity contribution is 8.14. The van der Waals surface area contributed by atoms with E-state index in [2.05, 4.69) is 15.6 Å². The fraction of sp³-hybridized carbons (Fsp3) is 0.647.